The molecular weight excluding hydrogens is 295 g/mol. The zero-order chi connectivity index (χ0) is 15.8. The molecule has 114 valence electrons. The lowest BCUT2D eigenvalue weighted by Gasteiger charge is -2.28. The van der Waals surface area contributed by atoms with Crippen molar-refractivity contribution in [3.63, 3.8) is 0 Å². The minimum absolute atomic E-state index is 0.292. The molecule has 0 aliphatic carbocycles. The van der Waals surface area contributed by atoms with Gasteiger partial charge in [0.15, 0.2) is 0 Å². The van der Waals surface area contributed by atoms with Crippen molar-refractivity contribution in [3.05, 3.63) is 29.8 Å². The summed E-state index contributed by atoms with van der Waals surface area (Å²) in [5.41, 5.74) is -2.06. The van der Waals surface area contributed by atoms with E-state index in [1.54, 1.807) is 0 Å². The molecule has 2 N–H and O–H groups in total. The molecule has 8 heteroatoms. The van der Waals surface area contributed by atoms with Crippen LogP contribution in [0.1, 0.15) is 26.3 Å². The third kappa shape index (κ3) is 3.94. The Morgan fingerprint density at radius 1 is 1.15 bits per heavy atom. The van der Waals surface area contributed by atoms with Crippen LogP contribution in [-0.4, -0.2) is 25.2 Å². The monoisotopic (exact) mass is 311 g/mol. The summed E-state index contributed by atoms with van der Waals surface area (Å²) in [6.45, 7) is 4.36. The van der Waals surface area contributed by atoms with E-state index in [0.717, 1.165) is 12.1 Å². The largest absolute Gasteiger partial charge is 0.416 e. The lowest BCUT2D eigenvalue weighted by molar-refractivity contribution is -0.137. The Morgan fingerprint density at radius 3 is 1.95 bits per heavy atom. The van der Waals surface area contributed by atoms with E-state index >= 15 is 0 Å². The highest BCUT2D eigenvalue weighted by Crippen LogP contribution is 2.29. The van der Waals surface area contributed by atoms with Gasteiger partial charge in [-0.3, -0.25) is 0 Å². The number of sulfonamides is 1. The molecule has 0 aromatic heterocycles. The highest BCUT2D eigenvalue weighted by molar-refractivity contribution is 7.89. The van der Waals surface area contributed by atoms with Crippen molar-refractivity contribution in [3.8, 4) is 0 Å². The Labute approximate surface area is 115 Å². The first-order valence-electron chi connectivity index (χ1n) is 5.75. The van der Waals surface area contributed by atoms with Crippen molar-refractivity contribution in [2.45, 2.75) is 43.5 Å². The third-order valence-electron chi connectivity index (χ3n) is 2.93. The van der Waals surface area contributed by atoms with E-state index in [2.05, 4.69) is 4.72 Å². The molecule has 0 bridgehead atoms. The minimum Gasteiger partial charge on any atom is -0.391 e. The fraction of sp³-hybridized carbons (Fsp3) is 0.500. The number of aliphatic hydroxyl groups is 1. The van der Waals surface area contributed by atoms with Crippen molar-refractivity contribution in [2.75, 3.05) is 0 Å². The molecule has 0 saturated carbocycles. The predicted octanol–water partition coefficient (Wildman–Crippen LogP) is 2.14. The van der Waals surface area contributed by atoms with Gasteiger partial charge < -0.3 is 5.11 Å². The van der Waals surface area contributed by atoms with Gasteiger partial charge in [-0.1, -0.05) is 0 Å². The van der Waals surface area contributed by atoms with E-state index in [4.69, 9.17) is 0 Å². The maximum absolute atomic E-state index is 12.4. The SMILES string of the molecule is CC(O)C(C)(C)NS(=O)(=O)c1ccc(C(F)(F)F)cc1. The molecular formula is C12H16F3NO3S. The molecule has 20 heavy (non-hydrogen) atoms. The lowest BCUT2D eigenvalue weighted by Crippen LogP contribution is -2.50. The molecule has 0 saturated heterocycles. The van der Waals surface area contributed by atoms with Gasteiger partial charge in [0.2, 0.25) is 10.0 Å². The van der Waals surface area contributed by atoms with Crippen LogP contribution in [0, 0.1) is 0 Å². The average molecular weight is 311 g/mol. The van der Waals surface area contributed by atoms with Gasteiger partial charge in [-0.05, 0) is 45.0 Å². The number of aliphatic hydroxyl groups excluding tert-OH is 1. The fourth-order valence-electron chi connectivity index (χ4n) is 1.31. The Bertz CT molecular complexity index is 563. The summed E-state index contributed by atoms with van der Waals surface area (Å²) >= 11 is 0. The van der Waals surface area contributed by atoms with Crippen molar-refractivity contribution >= 4 is 10.0 Å². The fourth-order valence-corrected chi connectivity index (χ4v) is 2.79. The van der Waals surface area contributed by atoms with E-state index in [0.29, 0.717) is 12.1 Å². The van der Waals surface area contributed by atoms with E-state index < -0.39 is 33.4 Å². The number of halogens is 3. The molecule has 0 spiro atoms. The second-order valence-electron chi connectivity index (χ2n) is 5.03. The highest BCUT2D eigenvalue weighted by Gasteiger charge is 2.33. The summed E-state index contributed by atoms with van der Waals surface area (Å²) in [5.74, 6) is 0. The van der Waals surface area contributed by atoms with Gasteiger partial charge in [0.05, 0.1) is 22.1 Å². The van der Waals surface area contributed by atoms with Crippen molar-refractivity contribution in [1.29, 1.82) is 0 Å². The van der Waals surface area contributed by atoms with E-state index in [1.807, 2.05) is 0 Å². The summed E-state index contributed by atoms with van der Waals surface area (Å²) in [6, 6.07) is 3.15. The number of benzene rings is 1. The summed E-state index contributed by atoms with van der Waals surface area (Å²) < 4.78 is 63.5. The molecule has 1 aromatic rings. The average Bonchev–Trinajstić information content (AvgIpc) is 2.26. The second-order valence-corrected chi connectivity index (χ2v) is 6.71. The lowest BCUT2D eigenvalue weighted by atomic mass is 10.0. The molecule has 0 amide bonds. The van der Waals surface area contributed by atoms with Crippen LogP contribution in [0.5, 0.6) is 0 Å². The van der Waals surface area contributed by atoms with Crippen LogP contribution in [0.3, 0.4) is 0 Å². The molecule has 0 fully saturated rings. The van der Waals surface area contributed by atoms with Gasteiger partial charge in [-0.25, -0.2) is 13.1 Å². The standard InChI is InChI=1S/C12H16F3NO3S/c1-8(17)11(2,3)16-20(18,19)10-6-4-9(5-7-10)12(13,14)15/h4-8,16-17H,1-3H3. The summed E-state index contributed by atoms with van der Waals surface area (Å²) in [7, 11) is -4.00. The first kappa shape index (κ1) is 16.9. The second kappa shape index (κ2) is 5.34. The van der Waals surface area contributed by atoms with Crippen molar-refractivity contribution < 1.29 is 26.7 Å². The van der Waals surface area contributed by atoms with Crippen LogP contribution in [0.4, 0.5) is 13.2 Å². The normalized spacial score (nSPS) is 15.2. The van der Waals surface area contributed by atoms with E-state index in [1.165, 1.54) is 20.8 Å². The maximum Gasteiger partial charge on any atom is 0.416 e. The first-order valence-corrected chi connectivity index (χ1v) is 7.24. The first-order chi connectivity index (χ1) is 8.86. The molecule has 0 aliphatic rings. The smallest absolute Gasteiger partial charge is 0.391 e. The zero-order valence-electron chi connectivity index (χ0n) is 11.2. The van der Waals surface area contributed by atoms with Crippen LogP contribution in [0.15, 0.2) is 29.2 Å². The number of hydrogen-bond acceptors (Lipinski definition) is 3. The van der Waals surface area contributed by atoms with Gasteiger partial charge in [-0.15, -0.1) is 0 Å². The molecule has 1 aromatic carbocycles. The number of rotatable bonds is 4. The van der Waals surface area contributed by atoms with Gasteiger partial charge in [0.1, 0.15) is 0 Å². The summed E-state index contributed by atoms with van der Waals surface area (Å²) in [6.07, 6.45) is -5.49. The van der Waals surface area contributed by atoms with E-state index in [9.17, 15) is 26.7 Å². The highest BCUT2D eigenvalue weighted by atomic mass is 32.2. The topological polar surface area (TPSA) is 66.4 Å². The van der Waals surface area contributed by atoms with E-state index in [-0.39, 0.29) is 4.90 Å². The van der Waals surface area contributed by atoms with Crippen molar-refractivity contribution in [1.82, 2.24) is 4.72 Å². The van der Waals surface area contributed by atoms with Gasteiger partial charge in [0, 0.05) is 0 Å². The molecule has 1 unspecified atom stereocenters. The Balaban J connectivity index is 3.06. The molecule has 0 radical (unpaired) electrons. The predicted molar refractivity (Wildman–Crippen MR) is 67.5 cm³/mol. The van der Waals surface area contributed by atoms with Crippen LogP contribution in [-0.2, 0) is 16.2 Å². The zero-order valence-corrected chi connectivity index (χ0v) is 12.0. The number of hydrogen-bond donors (Lipinski definition) is 2. The molecule has 0 heterocycles. The van der Waals surface area contributed by atoms with Gasteiger partial charge in [-0.2, -0.15) is 13.2 Å². The summed E-state index contributed by atoms with van der Waals surface area (Å²) in [5, 5.41) is 9.47. The van der Waals surface area contributed by atoms with Crippen LogP contribution >= 0.6 is 0 Å². The Morgan fingerprint density at radius 2 is 1.60 bits per heavy atom. The number of nitrogens with one attached hydrogen (secondary N) is 1. The molecule has 0 aliphatic heterocycles. The Kier molecular flexibility index (Phi) is 4.52. The Hall–Kier alpha value is -1.12. The van der Waals surface area contributed by atoms with Crippen LogP contribution in [0.25, 0.3) is 0 Å². The molecule has 1 atom stereocenters. The van der Waals surface area contributed by atoms with Gasteiger partial charge in [0.25, 0.3) is 0 Å². The van der Waals surface area contributed by atoms with Crippen LogP contribution in [0.2, 0.25) is 0 Å². The quantitative estimate of drug-likeness (QED) is 0.895. The van der Waals surface area contributed by atoms with Gasteiger partial charge >= 0.3 is 6.18 Å². The summed E-state index contributed by atoms with van der Waals surface area (Å²) in [4.78, 5) is -0.292. The van der Waals surface area contributed by atoms with Crippen LogP contribution < -0.4 is 4.72 Å². The third-order valence-corrected chi connectivity index (χ3v) is 4.62. The number of alkyl halides is 3. The molecule has 4 nitrogen and oxygen atoms in total. The maximum atomic E-state index is 12.4. The minimum atomic E-state index is -4.52. The molecule has 1 rings (SSSR count). The van der Waals surface area contributed by atoms with Crippen molar-refractivity contribution in [2.24, 2.45) is 0 Å².